The normalized spacial score (nSPS) is 16.7. The Morgan fingerprint density at radius 2 is 0.406 bits per heavy atom. The Bertz CT molecular complexity index is 6560. The number of rotatable bonds is 15. The van der Waals surface area contributed by atoms with E-state index in [0.29, 0.717) is 0 Å². The topological polar surface area (TPSA) is 103 Å². The largest absolute Gasteiger partial charge is 0.256 e. The van der Waals surface area contributed by atoms with Gasteiger partial charge >= 0.3 is 129 Å². The van der Waals surface area contributed by atoms with Crippen LogP contribution in [0.4, 0.5) is 0 Å². The summed E-state index contributed by atoms with van der Waals surface area (Å²) in [5, 5.41) is 26.8. The van der Waals surface area contributed by atoms with Crippen LogP contribution in [0.3, 0.4) is 0 Å². The first-order valence-electron chi connectivity index (χ1n) is 48.2. The molecule has 0 radical (unpaired) electrons. The summed E-state index contributed by atoms with van der Waals surface area (Å²) in [4.78, 5) is 41.1. The van der Waals surface area contributed by atoms with Gasteiger partial charge in [0, 0.05) is 105 Å². The molecule has 0 spiro atoms. The molecule has 0 bridgehead atoms. The summed E-state index contributed by atoms with van der Waals surface area (Å²) >= 11 is 6.34. The van der Waals surface area contributed by atoms with E-state index in [1.165, 1.54) is 206 Å². The third-order valence-corrected chi connectivity index (χ3v) is 43.9. The van der Waals surface area contributed by atoms with Gasteiger partial charge in [-0.3, -0.25) is 39.9 Å². The fourth-order valence-electron chi connectivity index (χ4n) is 21.4. The van der Waals surface area contributed by atoms with E-state index < -0.39 is 72.2 Å². The minimum Gasteiger partial charge on any atom is -0.256 e. The molecule has 4 saturated carbocycles. The van der Waals surface area contributed by atoms with Crippen molar-refractivity contribution in [3.63, 3.8) is 0 Å². The van der Waals surface area contributed by atoms with Gasteiger partial charge < -0.3 is 0 Å². The third kappa shape index (κ3) is 25.4. The summed E-state index contributed by atoms with van der Waals surface area (Å²) in [5.74, 6) is 0. The Morgan fingerprint density at radius 3 is 0.608 bits per heavy atom. The molecule has 2 unspecified atom stereocenters. The molecule has 736 valence electrons. The van der Waals surface area contributed by atoms with E-state index in [-0.39, 0.29) is 0 Å². The van der Waals surface area contributed by atoms with Crippen molar-refractivity contribution >= 4 is 182 Å². The van der Waals surface area contributed by atoms with Gasteiger partial charge in [0.25, 0.3) is 0 Å². The second-order valence-electron chi connectivity index (χ2n) is 34.9. The minimum atomic E-state index is -1.12. The Hall–Kier alpha value is -7.28. The van der Waals surface area contributed by atoms with Crippen LogP contribution in [0, 0.1) is 0 Å². The van der Waals surface area contributed by atoms with Crippen molar-refractivity contribution in [2.24, 2.45) is 0 Å². The fourth-order valence-corrected chi connectivity index (χ4v) is 39.9. The van der Waals surface area contributed by atoms with Crippen LogP contribution in [0.25, 0.3) is 69.8 Å². The number of benzene rings is 5. The van der Waals surface area contributed by atoms with Gasteiger partial charge in [-0.25, -0.2) is 0 Å². The van der Waals surface area contributed by atoms with Crippen molar-refractivity contribution in [2.45, 2.75) is 128 Å². The number of halogens is 6. The van der Waals surface area contributed by atoms with E-state index in [4.69, 9.17) is 77.5 Å². The molecule has 8 nitrogen and oxygen atoms in total. The third-order valence-electron chi connectivity index (χ3n) is 26.9. The second kappa shape index (κ2) is 55.8. The van der Waals surface area contributed by atoms with Crippen LogP contribution in [0.1, 0.15) is 171 Å². The van der Waals surface area contributed by atoms with Crippen LogP contribution in [0.15, 0.2) is 426 Å². The molecule has 0 saturated heterocycles. The van der Waals surface area contributed by atoms with Gasteiger partial charge in [-0.15, -0.1) is 22.7 Å². The van der Waals surface area contributed by atoms with Gasteiger partial charge in [-0.2, -0.15) is 0 Å². The molecule has 0 amide bonds. The van der Waals surface area contributed by atoms with Crippen molar-refractivity contribution < 1.29 is 72.9 Å². The van der Waals surface area contributed by atoms with Crippen molar-refractivity contribution in [3.8, 4) is 27.3 Å². The van der Waals surface area contributed by atoms with Crippen LogP contribution in [-0.4, -0.2) is 39.9 Å². The molecule has 4 aliphatic heterocycles. The quantitative estimate of drug-likeness (QED) is 0.0739. The number of thiophene rings is 2. The number of pyridine rings is 8. The molecule has 5 aromatic carbocycles. The smallest absolute Gasteiger partial charge is 0.131 e. The molecular weight excluding hydrogens is 2750 g/mol. The van der Waals surface area contributed by atoms with Gasteiger partial charge in [0.15, 0.2) is 0 Å². The standard InChI is InChI=1S/3C24H21N2P.2C23H20NPS.2Au.6ClH.2Pt/c3*1-2-10-18(11-3-1)27-23(21-14-6-8-16-25-21)19-12-4-5-13-20(19)24(27)22-15-7-9-17-26-22;2*1-2-9-17(10-3-1)25-22(20-13-6-7-15-24-20)18-11-4-5-12-19(18)23(25)21-14-8-16-26-21;;;;;;;;;;/h3*1-3,6-11,14-17H,4-5,12-13H2;2*1-3,6-10,13-16H,4-5,11-12H2;;;6*1H;;/q;;;;;2*+1;;;;;;;2*+2/p-2. The molecule has 15 heterocycles. The average Bonchev–Trinajstić information content (AvgIpc) is 1.61. The molecular formula is C118H107Au2Cl6N8P5Pt2S2+4. The molecule has 2 atom stereocenters. The summed E-state index contributed by atoms with van der Waals surface area (Å²) in [6.07, 6.45) is 40.1. The Kier molecular flexibility index (Phi) is 41.8. The molecule has 4 fully saturated rings. The minimum absolute atomic E-state index is 0.472. The van der Waals surface area contributed by atoms with E-state index in [0.717, 1.165) is 47.0 Å². The second-order valence-corrected chi connectivity index (χ2v) is 54.8. The molecule has 9 aliphatic rings. The van der Waals surface area contributed by atoms with E-state index in [9.17, 15) is 0 Å². The molecule has 25 heteroatoms. The monoisotopic (exact) mass is 2850 g/mol. The number of hydrogen-bond donors (Lipinski definition) is 0. The predicted octanol–water partition coefficient (Wildman–Crippen LogP) is 35.0. The first-order chi connectivity index (χ1) is 71.0. The molecule has 143 heavy (non-hydrogen) atoms. The van der Waals surface area contributed by atoms with Crippen LogP contribution in [0.2, 0.25) is 0 Å². The number of aromatic nitrogens is 8. The van der Waals surface area contributed by atoms with Crippen LogP contribution >= 0.6 is 118 Å². The molecule has 0 N–H and O–H groups in total. The van der Waals surface area contributed by atoms with E-state index in [1.54, 1.807) is 106 Å². The summed E-state index contributed by atoms with van der Waals surface area (Å²) in [6.45, 7) is 0. The van der Waals surface area contributed by atoms with Crippen LogP contribution in [0.5, 0.6) is 0 Å². The number of allylic oxidation sites excluding steroid dienone is 8. The van der Waals surface area contributed by atoms with Crippen molar-refractivity contribution in [2.75, 3.05) is 0 Å². The maximum absolute atomic E-state index is 4.88. The maximum atomic E-state index is 4.88. The van der Waals surface area contributed by atoms with E-state index >= 15 is 0 Å². The first kappa shape index (κ1) is 107. The molecule has 5 aliphatic carbocycles. The van der Waals surface area contributed by atoms with Gasteiger partial charge in [-0.05, 0) is 313 Å². The summed E-state index contributed by atoms with van der Waals surface area (Å²) in [5.41, 5.74) is 25.0. The zero-order chi connectivity index (χ0) is 98.3. The summed E-state index contributed by atoms with van der Waals surface area (Å²) in [7, 11) is 23.8. The van der Waals surface area contributed by atoms with Crippen LogP contribution < -0.4 is 21.2 Å². The van der Waals surface area contributed by atoms with Gasteiger partial charge in [0.05, 0.1) is 21.1 Å². The van der Waals surface area contributed by atoms with Gasteiger partial charge in [0.2, 0.25) is 0 Å². The number of hydrogen-bond acceptors (Lipinski definition) is 10. The summed E-state index contributed by atoms with van der Waals surface area (Å²) in [6, 6.07) is 115. The van der Waals surface area contributed by atoms with Gasteiger partial charge in [-0.1, -0.05) is 171 Å². The number of fused-ring (bicyclic) bond motifs is 5. The van der Waals surface area contributed by atoms with E-state index in [2.05, 4.69) is 302 Å². The first-order valence-corrected chi connectivity index (χ1v) is 73.9. The number of nitrogens with zero attached hydrogens (tertiary/aromatic N) is 8. The van der Waals surface area contributed by atoms with Gasteiger partial charge in [0.1, 0.15) is 130 Å². The average molecular weight is 2850 g/mol. The Morgan fingerprint density at radius 1 is 0.217 bits per heavy atom. The van der Waals surface area contributed by atoms with Crippen molar-refractivity contribution in [1.82, 2.24) is 39.9 Å². The zero-order valence-electron chi connectivity index (χ0n) is 78.4. The summed E-state index contributed by atoms with van der Waals surface area (Å²) < 4.78 is 0. The molecule has 16 aromatic rings. The fraction of sp³-hybridized carbons (Fsp3) is 0.169. The molecule has 25 rings (SSSR count). The Balaban J connectivity index is 0.000000120. The van der Waals surface area contributed by atoms with Crippen molar-refractivity contribution in [1.29, 1.82) is 0 Å². The predicted molar refractivity (Wildman–Crippen MR) is 610 cm³/mol. The van der Waals surface area contributed by atoms with Crippen molar-refractivity contribution in [3.05, 3.63) is 481 Å². The Labute approximate surface area is 921 Å². The van der Waals surface area contributed by atoms with E-state index in [1.807, 2.05) is 121 Å². The zero-order valence-corrected chi connectivity index (χ0v) is 98.3. The molecule has 11 aromatic heterocycles. The van der Waals surface area contributed by atoms with Crippen LogP contribution in [-0.2, 0) is 85.8 Å². The SMILES string of the molecule is [Cl][Au].[Cl][Au].[Cl][Pt][Cl].[Cl][Pt][Cl].c1ccc(-p2c(-c3ccccn3)c3c(c2-c2ccccn2)CCCC3)cc1.c1ccc([PH+]2C(c3ccccn3)=C3CCCCC3=C2c2ccccn2)cc1.c1ccc([PH+]2C(c3ccccn3)=C3CCCCC3=C2c2ccccn2)cc1.c1ccc([PH+]2C(c3ccccn3)=C3CCCCC3=C2c2cccs2)cc1.c1ccc([PH+]2C(c3ccccn3)=C3CCCCC3=C2c2cccs2)cc1. The maximum Gasteiger partial charge on any atom is 0.131 e.